The smallest absolute Gasteiger partial charge is 0.162 e. The summed E-state index contributed by atoms with van der Waals surface area (Å²) in [5, 5.41) is 22.7. The van der Waals surface area contributed by atoms with Crippen LogP contribution in [0.1, 0.15) is 32.8 Å². The van der Waals surface area contributed by atoms with Crippen LogP contribution in [0.4, 0.5) is 5.69 Å². The molecule has 2 heterocycles. The zero-order valence-corrected chi connectivity index (χ0v) is 14.2. The number of hydrogen-bond donors (Lipinski definition) is 3. The normalized spacial score (nSPS) is 13.0. The van der Waals surface area contributed by atoms with Gasteiger partial charge < -0.3 is 15.5 Å². The Morgan fingerprint density at radius 2 is 1.87 bits per heavy atom. The van der Waals surface area contributed by atoms with Gasteiger partial charge in [-0.2, -0.15) is 0 Å². The van der Waals surface area contributed by atoms with Crippen molar-refractivity contribution in [2.24, 2.45) is 0 Å². The Bertz CT molecular complexity index is 656. The summed E-state index contributed by atoms with van der Waals surface area (Å²) in [6, 6.07) is 1.77. The van der Waals surface area contributed by atoms with Gasteiger partial charge in [0.25, 0.3) is 0 Å². The van der Waals surface area contributed by atoms with Gasteiger partial charge in [-0.1, -0.05) is 11.6 Å². The molecule has 0 amide bonds. The second-order valence-corrected chi connectivity index (χ2v) is 6.35. The maximum absolute atomic E-state index is 9.97. The lowest BCUT2D eigenvalue weighted by molar-refractivity contribution is 0.0778. The average Bonchev–Trinajstić information content (AvgIpc) is 2.47. The molecule has 0 saturated heterocycles. The van der Waals surface area contributed by atoms with Crippen molar-refractivity contribution < 1.29 is 10.2 Å². The van der Waals surface area contributed by atoms with Gasteiger partial charge in [-0.25, -0.2) is 15.0 Å². The van der Waals surface area contributed by atoms with Gasteiger partial charge in [0.15, 0.2) is 5.82 Å². The van der Waals surface area contributed by atoms with Gasteiger partial charge in [-0.3, -0.25) is 0 Å². The van der Waals surface area contributed by atoms with Gasteiger partial charge in [-0.05, 0) is 33.3 Å². The Hall–Kier alpha value is -1.76. The van der Waals surface area contributed by atoms with Gasteiger partial charge in [0, 0.05) is 36.8 Å². The van der Waals surface area contributed by atoms with Crippen LogP contribution < -0.4 is 5.32 Å². The Labute approximate surface area is 140 Å². The van der Waals surface area contributed by atoms with Gasteiger partial charge in [0.2, 0.25) is 0 Å². The SMILES string of the molecule is C[C@@H](CCO)Nc1cc(Cl)ncc1-c1ncc(C(C)(C)O)cn1. The Morgan fingerprint density at radius 3 is 2.43 bits per heavy atom. The summed E-state index contributed by atoms with van der Waals surface area (Å²) in [7, 11) is 0. The fourth-order valence-corrected chi connectivity index (χ4v) is 2.20. The molecule has 0 fully saturated rings. The van der Waals surface area contributed by atoms with Crippen LogP contribution in [-0.2, 0) is 5.60 Å². The van der Waals surface area contributed by atoms with E-state index in [0.29, 0.717) is 28.5 Å². The van der Waals surface area contributed by atoms with E-state index in [-0.39, 0.29) is 12.6 Å². The van der Waals surface area contributed by atoms with E-state index < -0.39 is 5.60 Å². The van der Waals surface area contributed by atoms with Crippen LogP contribution in [0, 0.1) is 0 Å². The number of rotatable bonds is 6. The van der Waals surface area contributed by atoms with Crippen LogP contribution in [0.2, 0.25) is 5.15 Å². The second kappa shape index (κ2) is 7.21. The molecule has 2 aromatic heterocycles. The van der Waals surface area contributed by atoms with Gasteiger partial charge in [-0.15, -0.1) is 0 Å². The first-order chi connectivity index (χ1) is 10.8. The third-order valence-electron chi connectivity index (χ3n) is 3.43. The molecule has 6 nitrogen and oxygen atoms in total. The number of aromatic nitrogens is 3. The van der Waals surface area contributed by atoms with Crippen LogP contribution in [-0.4, -0.2) is 37.8 Å². The fraction of sp³-hybridized carbons (Fsp3) is 0.438. The molecular formula is C16H21ClN4O2. The molecular weight excluding hydrogens is 316 g/mol. The molecule has 0 bridgehead atoms. The lowest BCUT2D eigenvalue weighted by atomic mass is 10.0. The third-order valence-corrected chi connectivity index (χ3v) is 3.64. The Kier molecular flexibility index (Phi) is 5.51. The minimum atomic E-state index is -0.993. The fourth-order valence-electron chi connectivity index (χ4n) is 2.04. The Balaban J connectivity index is 2.35. The monoisotopic (exact) mass is 336 g/mol. The number of anilines is 1. The lowest BCUT2D eigenvalue weighted by Crippen LogP contribution is -2.18. The van der Waals surface area contributed by atoms with Gasteiger partial charge in [0.1, 0.15) is 5.15 Å². The number of nitrogens with zero attached hydrogens (tertiary/aromatic N) is 3. The molecule has 2 aromatic rings. The summed E-state index contributed by atoms with van der Waals surface area (Å²) in [6.07, 6.45) is 5.41. The first-order valence-electron chi connectivity index (χ1n) is 7.39. The number of hydrogen-bond acceptors (Lipinski definition) is 6. The quantitative estimate of drug-likeness (QED) is 0.702. The summed E-state index contributed by atoms with van der Waals surface area (Å²) >= 11 is 5.98. The number of nitrogens with one attached hydrogen (secondary N) is 1. The molecule has 0 aliphatic heterocycles. The van der Waals surface area contributed by atoms with Gasteiger partial charge in [0.05, 0.1) is 16.9 Å². The molecule has 124 valence electrons. The molecule has 0 saturated carbocycles. The average molecular weight is 337 g/mol. The molecule has 0 aliphatic rings. The van der Waals surface area contributed by atoms with Crippen molar-refractivity contribution in [1.29, 1.82) is 0 Å². The molecule has 1 atom stereocenters. The first kappa shape index (κ1) is 17.6. The van der Waals surface area contributed by atoms with Gasteiger partial charge >= 0.3 is 0 Å². The van der Waals surface area contributed by atoms with Crippen molar-refractivity contribution >= 4 is 17.3 Å². The zero-order chi connectivity index (χ0) is 17.0. The van der Waals surface area contributed by atoms with E-state index >= 15 is 0 Å². The Morgan fingerprint density at radius 1 is 1.22 bits per heavy atom. The predicted octanol–water partition coefficient (Wildman–Crippen LogP) is 2.60. The third kappa shape index (κ3) is 4.60. The molecule has 0 spiro atoms. The van der Waals surface area contributed by atoms with E-state index in [9.17, 15) is 5.11 Å². The summed E-state index contributed by atoms with van der Waals surface area (Å²) < 4.78 is 0. The molecule has 23 heavy (non-hydrogen) atoms. The van der Waals surface area contributed by atoms with Crippen molar-refractivity contribution in [3.63, 3.8) is 0 Å². The van der Waals surface area contributed by atoms with Crippen LogP contribution in [0.25, 0.3) is 11.4 Å². The predicted molar refractivity (Wildman–Crippen MR) is 90.3 cm³/mol. The minimum absolute atomic E-state index is 0.0628. The molecule has 0 radical (unpaired) electrons. The van der Waals surface area contributed by atoms with E-state index in [1.54, 1.807) is 38.5 Å². The molecule has 7 heteroatoms. The zero-order valence-electron chi connectivity index (χ0n) is 13.4. The van der Waals surface area contributed by atoms with E-state index in [2.05, 4.69) is 20.3 Å². The van der Waals surface area contributed by atoms with Crippen molar-refractivity contribution in [3.8, 4) is 11.4 Å². The molecule has 0 aliphatic carbocycles. The lowest BCUT2D eigenvalue weighted by Gasteiger charge is -2.18. The number of aliphatic hydroxyl groups is 2. The summed E-state index contributed by atoms with van der Waals surface area (Å²) in [4.78, 5) is 12.7. The number of pyridine rings is 1. The first-order valence-corrected chi connectivity index (χ1v) is 7.77. The molecule has 0 aromatic carbocycles. The second-order valence-electron chi connectivity index (χ2n) is 5.96. The van der Waals surface area contributed by atoms with E-state index in [1.165, 1.54) is 0 Å². The van der Waals surface area contributed by atoms with Crippen LogP contribution in [0.3, 0.4) is 0 Å². The topological polar surface area (TPSA) is 91.2 Å². The van der Waals surface area contributed by atoms with E-state index in [0.717, 1.165) is 5.69 Å². The molecule has 2 rings (SSSR count). The number of halogens is 1. The highest BCUT2D eigenvalue weighted by molar-refractivity contribution is 6.29. The van der Waals surface area contributed by atoms with Crippen molar-refractivity contribution in [1.82, 2.24) is 15.0 Å². The summed E-state index contributed by atoms with van der Waals surface area (Å²) in [5.41, 5.74) is 1.10. The highest BCUT2D eigenvalue weighted by Crippen LogP contribution is 2.28. The molecule has 3 N–H and O–H groups in total. The standard InChI is InChI=1S/C16H21ClN4O2/c1-10(4-5-22)21-13-6-14(17)18-9-12(13)15-19-7-11(8-20-15)16(2,3)23/h6-10,22-23H,4-5H2,1-3H3,(H,18,21)/t10-/m0/s1. The summed E-state index contributed by atoms with van der Waals surface area (Å²) in [6.45, 7) is 5.42. The van der Waals surface area contributed by atoms with Crippen molar-refractivity contribution in [2.75, 3.05) is 11.9 Å². The van der Waals surface area contributed by atoms with E-state index in [1.807, 2.05) is 6.92 Å². The van der Waals surface area contributed by atoms with E-state index in [4.69, 9.17) is 16.7 Å². The van der Waals surface area contributed by atoms with Crippen LogP contribution in [0.5, 0.6) is 0 Å². The van der Waals surface area contributed by atoms with Crippen LogP contribution >= 0.6 is 11.6 Å². The highest BCUT2D eigenvalue weighted by atomic mass is 35.5. The number of aliphatic hydroxyl groups excluding tert-OH is 1. The van der Waals surface area contributed by atoms with Crippen LogP contribution in [0.15, 0.2) is 24.7 Å². The maximum Gasteiger partial charge on any atom is 0.162 e. The highest BCUT2D eigenvalue weighted by Gasteiger charge is 2.18. The molecule has 0 unspecified atom stereocenters. The summed E-state index contributed by atoms with van der Waals surface area (Å²) in [5.74, 6) is 0.487. The largest absolute Gasteiger partial charge is 0.396 e. The van der Waals surface area contributed by atoms with Crippen molar-refractivity contribution in [2.45, 2.75) is 38.8 Å². The van der Waals surface area contributed by atoms with Crippen molar-refractivity contribution in [3.05, 3.63) is 35.4 Å². The maximum atomic E-state index is 9.97. The minimum Gasteiger partial charge on any atom is -0.396 e.